The van der Waals surface area contributed by atoms with E-state index in [0.717, 1.165) is 36.5 Å². The molecule has 0 spiro atoms. The summed E-state index contributed by atoms with van der Waals surface area (Å²) in [5.41, 5.74) is 1.09. The molecule has 4 heteroatoms. The zero-order chi connectivity index (χ0) is 13.4. The molecule has 0 bridgehead atoms. The SMILES string of the molecule is CCCNC(CSCC)Cc1ccc(F)c(Cl)c1. The van der Waals surface area contributed by atoms with E-state index >= 15 is 0 Å². The molecular weight excluding hydrogens is 269 g/mol. The first-order valence-corrected chi connectivity index (χ1v) is 7.95. The van der Waals surface area contributed by atoms with Crippen LogP contribution in [-0.2, 0) is 6.42 Å². The highest BCUT2D eigenvalue weighted by atomic mass is 35.5. The molecule has 0 aliphatic heterocycles. The van der Waals surface area contributed by atoms with E-state index in [1.807, 2.05) is 17.8 Å². The van der Waals surface area contributed by atoms with Crippen molar-refractivity contribution in [3.05, 3.63) is 34.6 Å². The molecule has 0 saturated heterocycles. The number of hydrogen-bond donors (Lipinski definition) is 1. The predicted octanol–water partition coefficient (Wildman–Crippen LogP) is 4.14. The van der Waals surface area contributed by atoms with Crippen LogP contribution >= 0.6 is 23.4 Å². The van der Waals surface area contributed by atoms with Gasteiger partial charge in [0.05, 0.1) is 5.02 Å². The fourth-order valence-corrected chi connectivity index (χ4v) is 2.71. The van der Waals surface area contributed by atoms with Gasteiger partial charge in [0.25, 0.3) is 0 Å². The van der Waals surface area contributed by atoms with Gasteiger partial charge in [0.2, 0.25) is 0 Å². The summed E-state index contributed by atoms with van der Waals surface area (Å²) in [6.07, 6.45) is 2.02. The van der Waals surface area contributed by atoms with Gasteiger partial charge >= 0.3 is 0 Å². The van der Waals surface area contributed by atoms with Crippen molar-refractivity contribution in [1.82, 2.24) is 5.32 Å². The Morgan fingerprint density at radius 1 is 1.39 bits per heavy atom. The minimum Gasteiger partial charge on any atom is -0.313 e. The average molecular weight is 290 g/mol. The van der Waals surface area contributed by atoms with Crippen LogP contribution in [0.3, 0.4) is 0 Å². The Kier molecular flexibility index (Phi) is 7.71. The van der Waals surface area contributed by atoms with Crippen molar-refractivity contribution in [2.75, 3.05) is 18.1 Å². The highest BCUT2D eigenvalue weighted by Crippen LogP contribution is 2.18. The lowest BCUT2D eigenvalue weighted by molar-refractivity contribution is 0.549. The Balaban J connectivity index is 2.59. The van der Waals surface area contributed by atoms with E-state index in [-0.39, 0.29) is 10.8 Å². The summed E-state index contributed by atoms with van der Waals surface area (Å²) in [6, 6.07) is 5.42. The number of hydrogen-bond acceptors (Lipinski definition) is 2. The maximum atomic E-state index is 13.1. The summed E-state index contributed by atoms with van der Waals surface area (Å²) in [7, 11) is 0. The molecule has 0 saturated carbocycles. The van der Waals surface area contributed by atoms with Crippen molar-refractivity contribution in [3.8, 4) is 0 Å². The molecule has 1 aromatic carbocycles. The molecular formula is C14H21ClFNS. The maximum Gasteiger partial charge on any atom is 0.141 e. The first kappa shape index (κ1) is 15.8. The zero-order valence-electron chi connectivity index (χ0n) is 11.0. The van der Waals surface area contributed by atoms with Gasteiger partial charge in [0.1, 0.15) is 5.82 Å². The number of thioether (sulfide) groups is 1. The summed E-state index contributed by atoms with van der Waals surface area (Å²) >= 11 is 7.73. The van der Waals surface area contributed by atoms with Crippen LogP contribution in [0.2, 0.25) is 5.02 Å². The molecule has 0 radical (unpaired) electrons. The van der Waals surface area contributed by atoms with Crippen LogP contribution in [0.1, 0.15) is 25.8 Å². The molecule has 18 heavy (non-hydrogen) atoms. The van der Waals surface area contributed by atoms with Gasteiger partial charge in [-0.2, -0.15) is 11.8 Å². The first-order valence-electron chi connectivity index (χ1n) is 6.42. The number of rotatable bonds is 8. The smallest absolute Gasteiger partial charge is 0.141 e. The van der Waals surface area contributed by atoms with Crippen LogP contribution in [0.4, 0.5) is 4.39 Å². The van der Waals surface area contributed by atoms with E-state index in [4.69, 9.17) is 11.6 Å². The Labute approximate surface area is 118 Å². The molecule has 1 aromatic rings. The van der Waals surface area contributed by atoms with Crippen molar-refractivity contribution in [1.29, 1.82) is 0 Å². The third-order valence-electron chi connectivity index (χ3n) is 2.67. The summed E-state index contributed by atoms with van der Waals surface area (Å²) in [6.45, 7) is 5.34. The normalized spacial score (nSPS) is 12.7. The lowest BCUT2D eigenvalue weighted by Crippen LogP contribution is -2.34. The molecule has 1 atom stereocenters. The molecule has 0 fully saturated rings. The third kappa shape index (κ3) is 5.59. The molecule has 0 aliphatic rings. The molecule has 0 amide bonds. The van der Waals surface area contributed by atoms with E-state index in [2.05, 4.69) is 19.2 Å². The fraction of sp³-hybridized carbons (Fsp3) is 0.571. The highest BCUT2D eigenvalue weighted by molar-refractivity contribution is 7.99. The van der Waals surface area contributed by atoms with E-state index < -0.39 is 0 Å². The minimum absolute atomic E-state index is 0.213. The minimum atomic E-state index is -0.346. The molecule has 0 aromatic heterocycles. The Hall–Kier alpha value is -0.250. The molecule has 1 rings (SSSR count). The second-order valence-corrected chi connectivity index (χ2v) is 5.99. The summed E-state index contributed by atoms with van der Waals surface area (Å²) in [4.78, 5) is 0. The summed E-state index contributed by atoms with van der Waals surface area (Å²) in [5, 5.41) is 3.74. The average Bonchev–Trinajstić information content (AvgIpc) is 2.37. The Bertz CT molecular complexity index is 352. The van der Waals surface area contributed by atoms with Crippen LogP contribution in [0, 0.1) is 5.82 Å². The lowest BCUT2D eigenvalue weighted by Gasteiger charge is -2.18. The van der Waals surface area contributed by atoms with E-state index in [0.29, 0.717) is 6.04 Å². The van der Waals surface area contributed by atoms with Gasteiger partial charge in [-0.3, -0.25) is 0 Å². The van der Waals surface area contributed by atoms with E-state index in [1.165, 1.54) is 6.07 Å². The molecule has 1 nitrogen and oxygen atoms in total. The quantitative estimate of drug-likeness (QED) is 0.772. The lowest BCUT2D eigenvalue weighted by atomic mass is 10.1. The summed E-state index contributed by atoms with van der Waals surface area (Å²) < 4.78 is 13.1. The largest absolute Gasteiger partial charge is 0.313 e. The van der Waals surface area contributed by atoms with Crippen LogP contribution < -0.4 is 5.32 Å². The topological polar surface area (TPSA) is 12.0 Å². The van der Waals surface area contributed by atoms with Crippen LogP contribution in [0.15, 0.2) is 18.2 Å². The van der Waals surface area contributed by atoms with Gasteiger partial charge in [0, 0.05) is 11.8 Å². The molecule has 0 heterocycles. The molecule has 102 valence electrons. The Morgan fingerprint density at radius 2 is 2.17 bits per heavy atom. The van der Waals surface area contributed by atoms with Crippen LogP contribution in [-0.4, -0.2) is 24.1 Å². The Morgan fingerprint density at radius 3 is 2.78 bits per heavy atom. The second-order valence-electron chi connectivity index (χ2n) is 4.26. The van der Waals surface area contributed by atoms with Gasteiger partial charge in [-0.15, -0.1) is 0 Å². The van der Waals surface area contributed by atoms with Gasteiger partial charge in [-0.25, -0.2) is 4.39 Å². The molecule has 1 unspecified atom stereocenters. The number of benzene rings is 1. The maximum absolute atomic E-state index is 13.1. The predicted molar refractivity (Wildman–Crippen MR) is 80.2 cm³/mol. The van der Waals surface area contributed by atoms with E-state index in [1.54, 1.807) is 6.07 Å². The van der Waals surface area contributed by atoms with Gasteiger partial charge in [-0.1, -0.05) is 31.5 Å². The van der Waals surface area contributed by atoms with Gasteiger partial charge < -0.3 is 5.32 Å². The number of nitrogens with one attached hydrogen (secondary N) is 1. The van der Waals surface area contributed by atoms with Crippen LogP contribution in [0.5, 0.6) is 0 Å². The zero-order valence-corrected chi connectivity index (χ0v) is 12.6. The first-order chi connectivity index (χ1) is 8.67. The van der Waals surface area contributed by atoms with Gasteiger partial charge in [-0.05, 0) is 42.8 Å². The highest BCUT2D eigenvalue weighted by Gasteiger charge is 2.10. The number of halogens is 2. The standard InChI is InChI=1S/C14H21ClFNS/c1-3-7-17-12(10-18-4-2)8-11-5-6-14(16)13(15)9-11/h5-6,9,12,17H,3-4,7-8,10H2,1-2H3. The van der Waals surface area contributed by atoms with E-state index in [9.17, 15) is 4.39 Å². The second kappa shape index (κ2) is 8.78. The van der Waals surface area contributed by atoms with Crippen molar-refractivity contribution >= 4 is 23.4 Å². The van der Waals surface area contributed by atoms with Crippen molar-refractivity contribution in [2.45, 2.75) is 32.7 Å². The van der Waals surface area contributed by atoms with Crippen molar-refractivity contribution in [3.63, 3.8) is 0 Å². The van der Waals surface area contributed by atoms with Crippen LogP contribution in [0.25, 0.3) is 0 Å². The summed E-state index contributed by atoms with van der Waals surface area (Å²) in [5.74, 6) is 1.85. The third-order valence-corrected chi connectivity index (χ3v) is 4.01. The fourth-order valence-electron chi connectivity index (χ4n) is 1.75. The molecule has 0 aliphatic carbocycles. The molecule has 1 N–H and O–H groups in total. The van der Waals surface area contributed by atoms with Gasteiger partial charge in [0.15, 0.2) is 0 Å². The monoisotopic (exact) mass is 289 g/mol. The van der Waals surface area contributed by atoms with Crippen molar-refractivity contribution in [2.24, 2.45) is 0 Å². The van der Waals surface area contributed by atoms with Crippen molar-refractivity contribution < 1.29 is 4.39 Å².